The number of carboxylic acid groups (broad SMARTS) is 2. The maximum atomic E-state index is 12.3. The first-order chi connectivity index (χ1) is 31.0. The van der Waals surface area contributed by atoms with Crippen LogP contribution in [0.25, 0.3) is 0 Å². The number of nitrogens with two attached hydrogens (primary N) is 1. The summed E-state index contributed by atoms with van der Waals surface area (Å²) in [4.78, 5) is 86.2. The largest absolute Gasteiger partial charge is 0.481 e. The topological polar surface area (TPSA) is 292 Å². The van der Waals surface area contributed by atoms with Gasteiger partial charge in [0.15, 0.2) is 0 Å². The minimum absolute atomic E-state index is 0.0630. The van der Waals surface area contributed by atoms with Crippen molar-refractivity contribution in [1.29, 1.82) is 0 Å². The molecule has 0 aromatic heterocycles. The van der Waals surface area contributed by atoms with Gasteiger partial charge in [-0.05, 0) is 32.1 Å². The van der Waals surface area contributed by atoms with Crippen LogP contribution in [0.3, 0.4) is 0 Å². The van der Waals surface area contributed by atoms with Gasteiger partial charge in [0.05, 0.1) is 59.5 Å². The standard InChI is InChI=1S/C44H82N6O14/c45-64-32-27-49-39(52)21-20-38(51)47-25-30-62-35-34-61-29-23-41(54)48-26-31-63-36-33-60-28-22-40(53)46-24-16-15-17-37(44(58)59)50-42(55)18-13-11-9-7-5-3-1-2-4-6-8-10-12-14-19-43(56)57/h37H,1-36,45H2,(H,46,53)(H,47,51)(H,48,54)(H,49,52)(H,50,55)(H,56,57)(H,58,59). The Hall–Kier alpha value is -3.95. The third-order valence-electron chi connectivity index (χ3n) is 9.87. The van der Waals surface area contributed by atoms with Gasteiger partial charge < -0.3 is 60.6 Å². The highest BCUT2D eigenvalue weighted by Crippen LogP contribution is 2.14. The maximum absolute atomic E-state index is 12.3. The van der Waals surface area contributed by atoms with E-state index in [4.69, 9.17) is 30.0 Å². The summed E-state index contributed by atoms with van der Waals surface area (Å²) in [6, 6.07) is -0.949. The molecule has 0 aliphatic carbocycles. The van der Waals surface area contributed by atoms with Gasteiger partial charge in [0.25, 0.3) is 0 Å². The highest BCUT2D eigenvalue weighted by molar-refractivity contribution is 5.84. The second-order valence-corrected chi connectivity index (χ2v) is 15.5. The molecular weight excluding hydrogens is 837 g/mol. The van der Waals surface area contributed by atoms with Crippen LogP contribution in [0.5, 0.6) is 0 Å². The van der Waals surface area contributed by atoms with Gasteiger partial charge in [0, 0.05) is 64.7 Å². The smallest absolute Gasteiger partial charge is 0.326 e. The first kappa shape index (κ1) is 60.1. The van der Waals surface area contributed by atoms with E-state index < -0.39 is 18.0 Å². The fraction of sp³-hybridized carbons (Fsp3) is 0.841. The van der Waals surface area contributed by atoms with Gasteiger partial charge in [0.1, 0.15) is 6.04 Å². The molecule has 0 spiro atoms. The lowest BCUT2D eigenvalue weighted by atomic mass is 10.0. The van der Waals surface area contributed by atoms with E-state index >= 15 is 0 Å². The molecule has 0 saturated carbocycles. The van der Waals surface area contributed by atoms with E-state index in [1.54, 1.807) is 0 Å². The van der Waals surface area contributed by atoms with Crippen molar-refractivity contribution in [2.24, 2.45) is 5.90 Å². The lowest BCUT2D eigenvalue weighted by Gasteiger charge is -2.14. The number of amides is 5. The van der Waals surface area contributed by atoms with Crippen LogP contribution in [0, 0.1) is 0 Å². The fourth-order valence-electron chi connectivity index (χ4n) is 6.24. The molecule has 5 amide bonds. The number of carbonyl (C=O) groups is 7. The summed E-state index contributed by atoms with van der Waals surface area (Å²) in [6.07, 6.45) is 17.8. The molecule has 0 bridgehead atoms. The Balaban J connectivity index is 3.59. The Morgan fingerprint density at radius 3 is 1.17 bits per heavy atom. The SMILES string of the molecule is NOCCNC(=O)CCC(=O)NCCOCCOCCC(=O)NCCOCCOCCC(=O)NCCCCC(NC(=O)CCCCCCCCCCCCCCCCC(=O)O)C(=O)O. The first-order valence-corrected chi connectivity index (χ1v) is 23.5. The molecule has 20 heteroatoms. The number of ether oxygens (including phenoxy) is 4. The van der Waals surface area contributed by atoms with Gasteiger partial charge in [-0.25, -0.2) is 10.7 Å². The predicted molar refractivity (Wildman–Crippen MR) is 239 cm³/mol. The van der Waals surface area contributed by atoms with Crippen molar-refractivity contribution in [3.63, 3.8) is 0 Å². The van der Waals surface area contributed by atoms with Crippen LogP contribution in [0.4, 0.5) is 0 Å². The second kappa shape index (κ2) is 45.6. The van der Waals surface area contributed by atoms with E-state index in [1.165, 1.54) is 44.9 Å². The van der Waals surface area contributed by atoms with E-state index in [2.05, 4.69) is 31.4 Å². The number of unbranched alkanes of at least 4 members (excludes halogenated alkanes) is 14. The first-order valence-electron chi connectivity index (χ1n) is 23.5. The number of carboxylic acids is 2. The molecule has 0 saturated heterocycles. The summed E-state index contributed by atoms with van der Waals surface area (Å²) in [6.45, 7) is 3.73. The highest BCUT2D eigenvalue weighted by atomic mass is 16.6. The summed E-state index contributed by atoms with van der Waals surface area (Å²) in [5.74, 6) is 1.98. The van der Waals surface area contributed by atoms with Gasteiger partial charge in [-0.15, -0.1) is 0 Å². The van der Waals surface area contributed by atoms with Gasteiger partial charge in [-0.2, -0.15) is 0 Å². The zero-order valence-corrected chi connectivity index (χ0v) is 38.4. The van der Waals surface area contributed by atoms with Crippen LogP contribution in [0.2, 0.25) is 0 Å². The summed E-state index contributed by atoms with van der Waals surface area (Å²) < 4.78 is 21.6. The Morgan fingerprint density at radius 1 is 0.375 bits per heavy atom. The summed E-state index contributed by atoms with van der Waals surface area (Å²) in [5.41, 5.74) is 0. The summed E-state index contributed by atoms with van der Waals surface area (Å²) in [5, 5.41) is 31.6. The third-order valence-corrected chi connectivity index (χ3v) is 9.87. The number of hydrogen-bond acceptors (Lipinski definition) is 13. The Bertz CT molecular complexity index is 1230. The lowest BCUT2D eigenvalue weighted by molar-refractivity contribution is -0.142. The van der Waals surface area contributed by atoms with Crippen molar-refractivity contribution in [3.05, 3.63) is 0 Å². The molecule has 0 radical (unpaired) electrons. The molecule has 0 fully saturated rings. The van der Waals surface area contributed by atoms with Crippen molar-refractivity contribution < 1.29 is 67.6 Å². The normalized spacial score (nSPS) is 11.5. The van der Waals surface area contributed by atoms with E-state index in [1.807, 2.05) is 0 Å². The predicted octanol–water partition coefficient (Wildman–Crippen LogP) is 3.03. The van der Waals surface area contributed by atoms with E-state index in [0.717, 1.165) is 44.9 Å². The molecule has 372 valence electrons. The molecule has 9 N–H and O–H groups in total. The molecule has 0 aromatic rings. The summed E-state index contributed by atoms with van der Waals surface area (Å²) >= 11 is 0. The van der Waals surface area contributed by atoms with Gasteiger partial charge in [-0.3, -0.25) is 28.8 Å². The number of aliphatic carboxylic acids is 2. The minimum atomic E-state index is -1.06. The van der Waals surface area contributed by atoms with Crippen molar-refractivity contribution >= 4 is 41.5 Å². The highest BCUT2D eigenvalue weighted by Gasteiger charge is 2.19. The third kappa shape index (κ3) is 44.6. The van der Waals surface area contributed by atoms with Crippen molar-refractivity contribution in [2.45, 2.75) is 154 Å². The van der Waals surface area contributed by atoms with E-state index in [9.17, 15) is 38.7 Å². The quantitative estimate of drug-likeness (QED) is 0.0322. The Kier molecular flexibility index (Phi) is 42.8. The minimum Gasteiger partial charge on any atom is -0.481 e. The molecule has 64 heavy (non-hydrogen) atoms. The molecule has 0 aromatic carbocycles. The average molecular weight is 919 g/mol. The van der Waals surface area contributed by atoms with Crippen LogP contribution in [0.15, 0.2) is 0 Å². The zero-order chi connectivity index (χ0) is 47.1. The second-order valence-electron chi connectivity index (χ2n) is 15.5. The number of nitrogens with one attached hydrogen (secondary N) is 5. The molecule has 1 unspecified atom stereocenters. The number of carbonyl (C=O) groups excluding carboxylic acids is 5. The fourth-order valence-corrected chi connectivity index (χ4v) is 6.24. The van der Waals surface area contributed by atoms with Crippen LogP contribution in [-0.2, 0) is 57.3 Å². The number of hydrogen-bond donors (Lipinski definition) is 8. The zero-order valence-electron chi connectivity index (χ0n) is 38.4. The van der Waals surface area contributed by atoms with Gasteiger partial charge in [-0.1, -0.05) is 77.0 Å². The maximum Gasteiger partial charge on any atom is 0.326 e. The summed E-state index contributed by atoms with van der Waals surface area (Å²) in [7, 11) is 0. The molecular formula is C44H82N6O14. The van der Waals surface area contributed by atoms with Gasteiger partial charge >= 0.3 is 11.9 Å². The van der Waals surface area contributed by atoms with E-state index in [0.29, 0.717) is 71.9 Å². The molecule has 1 atom stereocenters. The van der Waals surface area contributed by atoms with Gasteiger partial charge in [0.2, 0.25) is 29.5 Å². The Morgan fingerprint density at radius 2 is 0.750 bits per heavy atom. The van der Waals surface area contributed by atoms with Crippen LogP contribution >= 0.6 is 0 Å². The van der Waals surface area contributed by atoms with Crippen molar-refractivity contribution in [3.8, 4) is 0 Å². The molecule has 0 rings (SSSR count). The van der Waals surface area contributed by atoms with Crippen LogP contribution < -0.4 is 32.5 Å². The van der Waals surface area contributed by atoms with Crippen molar-refractivity contribution in [2.75, 3.05) is 85.6 Å². The average Bonchev–Trinajstić information content (AvgIpc) is 3.26. The molecule has 20 nitrogen and oxygen atoms in total. The van der Waals surface area contributed by atoms with E-state index in [-0.39, 0.29) is 101 Å². The number of rotatable bonds is 48. The van der Waals surface area contributed by atoms with Crippen LogP contribution in [-0.4, -0.2) is 143 Å². The molecule has 0 aliphatic heterocycles. The molecule has 0 heterocycles. The molecule has 0 aliphatic rings. The van der Waals surface area contributed by atoms with Crippen molar-refractivity contribution in [1.82, 2.24) is 26.6 Å². The van der Waals surface area contributed by atoms with Crippen LogP contribution in [0.1, 0.15) is 148 Å². The lowest BCUT2D eigenvalue weighted by Crippen LogP contribution is -2.40. The Labute approximate surface area is 380 Å². The monoisotopic (exact) mass is 919 g/mol.